The molecule has 1 aliphatic carbocycles. The molecule has 0 unspecified atom stereocenters. The van der Waals surface area contributed by atoms with Gasteiger partial charge in [0.2, 0.25) is 0 Å². The van der Waals surface area contributed by atoms with E-state index in [-0.39, 0.29) is 25.8 Å². The number of rotatable bonds is 3. The van der Waals surface area contributed by atoms with Crippen LogP contribution in [-0.4, -0.2) is 59.6 Å². The van der Waals surface area contributed by atoms with Crippen LogP contribution in [0.5, 0.6) is 0 Å². The van der Waals surface area contributed by atoms with Crippen molar-refractivity contribution in [3.8, 4) is 0 Å². The summed E-state index contributed by atoms with van der Waals surface area (Å²) >= 11 is 0. The highest BCUT2D eigenvalue weighted by Crippen LogP contribution is 2.31. The number of hydrogen-bond donors (Lipinski definition) is 4. The minimum atomic E-state index is -3.25. The molecule has 7 nitrogen and oxygen atoms in total. The molecule has 100 valence electrons. The van der Waals surface area contributed by atoms with Crippen molar-refractivity contribution in [3.63, 3.8) is 0 Å². The average molecular weight is 267 g/mol. The summed E-state index contributed by atoms with van der Waals surface area (Å²) in [7, 11) is -3.25. The van der Waals surface area contributed by atoms with E-state index in [0.717, 1.165) is 6.26 Å². The summed E-state index contributed by atoms with van der Waals surface area (Å²) in [5.74, 6) is 0. The molecule has 0 heterocycles. The first-order chi connectivity index (χ1) is 7.65. The van der Waals surface area contributed by atoms with Crippen molar-refractivity contribution in [2.75, 3.05) is 12.8 Å². The van der Waals surface area contributed by atoms with Crippen LogP contribution in [0.4, 0.5) is 4.79 Å². The first kappa shape index (κ1) is 14.2. The van der Waals surface area contributed by atoms with Crippen molar-refractivity contribution in [1.29, 1.82) is 0 Å². The Hall–Kier alpha value is -0.860. The molecule has 1 saturated carbocycles. The van der Waals surface area contributed by atoms with Gasteiger partial charge in [0.25, 0.3) is 0 Å². The van der Waals surface area contributed by atoms with E-state index >= 15 is 0 Å². The van der Waals surface area contributed by atoms with E-state index in [2.05, 4.69) is 0 Å². The molecule has 0 radical (unpaired) electrons. The predicted octanol–water partition coefficient (Wildman–Crippen LogP) is -1.06. The zero-order valence-corrected chi connectivity index (χ0v) is 10.3. The van der Waals surface area contributed by atoms with Crippen LogP contribution >= 0.6 is 0 Å². The normalized spacial score (nSPS) is 34.3. The quantitative estimate of drug-likeness (QED) is 0.517. The molecule has 0 aromatic heterocycles. The minimum absolute atomic E-state index is 0.0478. The number of nitrogens with one attached hydrogen (secondary N) is 1. The van der Waals surface area contributed by atoms with Crippen LogP contribution in [0.3, 0.4) is 0 Å². The Morgan fingerprint density at radius 1 is 1.53 bits per heavy atom. The van der Waals surface area contributed by atoms with Gasteiger partial charge >= 0.3 is 6.09 Å². The van der Waals surface area contributed by atoms with Crippen LogP contribution in [0.1, 0.15) is 19.3 Å². The van der Waals surface area contributed by atoms with Crippen LogP contribution in [0.2, 0.25) is 0 Å². The molecular formula is C9H17NO6S. The zero-order chi connectivity index (χ0) is 13.3. The van der Waals surface area contributed by atoms with Crippen molar-refractivity contribution in [1.82, 2.24) is 5.32 Å². The molecule has 1 amide bonds. The van der Waals surface area contributed by atoms with E-state index in [0.29, 0.717) is 0 Å². The fourth-order valence-corrected chi connectivity index (χ4v) is 3.07. The molecule has 0 saturated heterocycles. The molecule has 0 spiro atoms. The second-order valence-corrected chi connectivity index (χ2v) is 6.83. The van der Waals surface area contributed by atoms with Gasteiger partial charge in [-0.25, -0.2) is 13.2 Å². The molecule has 3 atom stereocenters. The van der Waals surface area contributed by atoms with Gasteiger partial charge < -0.3 is 20.6 Å². The Morgan fingerprint density at radius 2 is 2.12 bits per heavy atom. The lowest BCUT2D eigenvalue weighted by Crippen LogP contribution is -2.55. The average Bonchev–Trinajstić information content (AvgIpc) is 2.18. The summed E-state index contributed by atoms with van der Waals surface area (Å²) < 4.78 is 22.6. The number of hydrogen-bond acceptors (Lipinski definition) is 5. The standard InChI is InChI=1S/C9H17NO6S/c1-17(15,16)6-2-3-9(14,7(11)4-6)5-10-8(12)13/h6-7,10-11,14H,2-5H2,1H3,(H,12,13)/t6-,7-,9-/m0/s1. The van der Waals surface area contributed by atoms with Crippen molar-refractivity contribution in [2.24, 2.45) is 0 Å². The Balaban J connectivity index is 2.67. The molecule has 1 aliphatic rings. The third-order valence-electron chi connectivity index (χ3n) is 3.16. The van der Waals surface area contributed by atoms with Crippen LogP contribution in [0, 0.1) is 0 Å². The lowest BCUT2D eigenvalue weighted by molar-refractivity contribution is -0.0952. The lowest BCUT2D eigenvalue weighted by atomic mass is 9.82. The van der Waals surface area contributed by atoms with Gasteiger partial charge in [0.05, 0.1) is 17.9 Å². The van der Waals surface area contributed by atoms with Gasteiger partial charge in [-0.2, -0.15) is 0 Å². The first-order valence-electron chi connectivity index (χ1n) is 5.21. The Kier molecular flexibility index (Phi) is 4.00. The number of sulfone groups is 1. The topological polar surface area (TPSA) is 124 Å². The van der Waals surface area contributed by atoms with E-state index < -0.39 is 32.9 Å². The van der Waals surface area contributed by atoms with E-state index in [9.17, 15) is 23.4 Å². The summed E-state index contributed by atoms with van der Waals surface area (Å²) in [6.07, 6.45) is -1.26. The number of amides is 1. The highest BCUT2D eigenvalue weighted by molar-refractivity contribution is 7.91. The number of carboxylic acid groups (broad SMARTS) is 1. The maximum atomic E-state index is 11.3. The number of aliphatic hydroxyl groups excluding tert-OH is 1. The number of carbonyl (C=O) groups is 1. The summed E-state index contributed by atoms with van der Waals surface area (Å²) in [6.45, 7) is -0.306. The lowest BCUT2D eigenvalue weighted by Gasteiger charge is -2.39. The third-order valence-corrected chi connectivity index (χ3v) is 4.80. The molecular weight excluding hydrogens is 250 g/mol. The molecule has 0 aliphatic heterocycles. The molecule has 8 heteroatoms. The van der Waals surface area contributed by atoms with Crippen molar-refractivity contribution in [3.05, 3.63) is 0 Å². The van der Waals surface area contributed by atoms with E-state index in [1.54, 1.807) is 0 Å². The van der Waals surface area contributed by atoms with Crippen molar-refractivity contribution < 1.29 is 28.5 Å². The Morgan fingerprint density at radius 3 is 2.53 bits per heavy atom. The van der Waals surface area contributed by atoms with E-state index in [1.807, 2.05) is 5.32 Å². The van der Waals surface area contributed by atoms with Crippen LogP contribution in [0.15, 0.2) is 0 Å². The minimum Gasteiger partial charge on any atom is -0.465 e. The second kappa shape index (κ2) is 4.79. The molecule has 0 aromatic carbocycles. The summed E-state index contributed by atoms with van der Waals surface area (Å²) in [6, 6.07) is 0. The smallest absolute Gasteiger partial charge is 0.404 e. The number of aliphatic hydroxyl groups is 2. The molecule has 0 aromatic rings. The summed E-state index contributed by atoms with van der Waals surface area (Å²) in [5.41, 5.74) is -1.58. The van der Waals surface area contributed by atoms with Gasteiger partial charge in [0.1, 0.15) is 15.4 Å². The highest BCUT2D eigenvalue weighted by atomic mass is 32.2. The summed E-state index contributed by atoms with van der Waals surface area (Å²) in [5, 5.41) is 29.5. The van der Waals surface area contributed by atoms with Crippen LogP contribution in [0.25, 0.3) is 0 Å². The molecule has 0 bridgehead atoms. The van der Waals surface area contributed by atoms with Gasteiger partial charge in [-0.3, -0.25) is 0 Å². The fraction of sp³-hybridized carbons (Fsp3) is 0.889. The maximum Gasteiger partial charge on any atom is 0.404 e. The van der Waals surface area contributed by atoms with Gasteiger partial charge in [0, 0.05) is 6.26 Å². The third kappa shape index (κ3) is 3.55. The van der Waals surface area contributed by atoms with Gasteiger partial charge in [0.15, 0.2) is 0 Å². The predicted molar refractivity (Wildman–Crippen MR) is 59.5 cm³/mol. The van der Waals surface area contributed by atoms with E-state index in [1.165, 1.54) is 0 Å². The second-order valence-electron chi connectivity index (χ2n) is 4.50. The monoisotopic (exact) mass is 267 g/mol. The molecule has 1 fully saturated rings. The molecule has 1 rings (SSSR count). The SMILES string of the molecule is CS(=O)(=O)[C@H]1CC[C@](O)(CNC(=O)O)[C@@H](O)C1. The largest absolute Gasteiger partial charge is 0.465 e. The maximum absolute atomic E-state index is 11.3. The fourth-order valence-electron chi connectivity index (χ4n) is 1.99. The van der Waals surface area contributed by atoms with Crippen LogP contribution in [-0.2, 0) is 9.84 Å². The molecule has 4 N–H and O–H groups in total. The zero-order valence-electron chi connectivity index (χ0n) is 9.46. The Labute approximate surface area is 99.4 Å². The van der Waals surface area contributed by atoms with Crippen molar-refractivity contribution >= 4 is 15.9 Å². The van der Waals surface area contributed by atoms with Crippen molar-refractivity contribution in [2.45, 2.75) is 36.2 Å². The van der Waals surface area contributed by atoms with Gasteiger partial charge in [-0.15, -0.1) is 0 Å². The highest BCUT2D eigenvalue weighted by Gasteiger charge is 2.44. The molecule has 17 heavy (non-hydrogen) atoms. The summed E-state index contributed by atoms with van der Waals surface area (Å²) in [4.78, 5) is 10.3. The first-order valence-corrected chi connectivity index (χ1v) is 7.17. The Bertz CT molecular complexity index is 394. The van der Waals surface area contributed by atoms with Gasteiger partial charge in [-0.05, 0) is 19.3 Å². The van der Waals surface area contributed by atoms with E-state index in [4.69, 9.17) is 5.11 Å². The van der Waals surface area contributed by atoms with Gasteiger partial charge in [-0.1, -0.05) is 0 Å². The van der Waals surface area contributed by atoms with Crippen LogP contribution < -0.4 is 5.32 Å².